The van der Waals surface area contributed by atoms with Crippen LogP contribution in [0.5, 0.6) is 5.75 Å². The van der Waals surface area contributed by atoms with Gasteiger partial charge in [0.1, 0.15) is 5.75 Å². The number of hydrogen-bond acceptors (Lipinski definition) is 6. The van der Waals surface area contributed by atoms with Crippen molar-refractivity contribution in [2.24, 2.45) is 11.7 Å². The van der Waals surface area contributed by atoms with Crippen molar-refractivity contribution in [1.82, 2.24) is 15.0 Å². The number of methoxy groups -OCH3 is 1. The molecule has 1 aromatic carbocycles. The summed E-state index contributed by atoms with van der Waals surface area (Å²) in [6, 6.07) is 7.64. The van der Waals surface area contributed by atoms with E-state index in [1.807, 2.05) is 36.1 Å². The number of piperidine rings is 1. The minimum absolute atomic E-state index is 0.136. The summed E-state index contributed by atoms with van der Waals surface area (Å²) in [4.78, 5) is 18.7. The van der Waals surface area contributed by atoms with E-state index in [9.17, 15) is 4.79 Å². The Morgan fingerprint density at radius 3 is 2.65 bits per heavy atom. The van der Waals surface area contributed by atoms with Crippen molar-refractivity contribution in [2.75, 3.05) is 20.2 Å². The Hall–Kier alpha value is -2.41. The third kappa shape index (κ3) is 4.40. The van der Waals surface area contributed by atoms with Crippen molar-refractivity contribution in [3.8, 4) is 17.1 Å². The Morgan fingerprint density at radius 2 is 2.04 bits per heavy atom. The number of benzene rings is 1. The number of rotatable bonds is 6. The highest BCUT2D eigenvalue weighted by Crippen LogP contribution is 2.22. The smallest absolute Gasteiger partial charge is 0.227 e. The van der Waals surface area contributed by atoms with Gasteiger partial charge in [-0.3, -0.25) is 4.79 Å². The van der Waals surface area contributed by atoms with Gasteiger partial charge in [0.25, 0.3) is 0 Å². The van der Waals surface area contributed by atoms with Crippen LogP contribution in [-0.4, -0.2) is 47.2 Å². The second-order valence-electron chi connectivity index (χ2n) is 6.82. The fourth-order valence-corrected chi connectivity index (χ4v) is 3.26. The summed E-state index contributed by atoms with van der Waals surface area (Å²) < 4.78 is 10.4. The molecule has 0 saturated carbocycles. The Morgan fingerprint density at radius 1 is 1.35 bits per heavy atom. The van der Waals surface area contributed by atoms with Crippen molar-refractivity contribution in [3.63, 3.8) is 0 Å². The van der Waals surface area contributed by atoms with Crippen LogP contribution in [0.2, 0.25) is 0 Å². The molecular formula is C19H26N4O3. The van der Waals surface area contributed by atoms with Gasteiger partial charge in [0.05, 0.1) is 7.11 Å². The molecule has 1 fully saturated rings. The van der Waals surface area contributed by atoms with E-state index in [1.165, 1.54) is 0 Å². The minimum atomic E-state index is 0.136. The van der Waals surface area contributed by atoms with Gasteiger partial charge in [-0.25, -0.2) is 0 Å². The lowest BCUT2D eigenvalue weighted by atomic mass is 9.91. The first-order valence-electron chi connectivity index (χ1n) is 9.07. The zero-order valence-electron chi connectivity index (χ0n) is 15.4. The summed E-state index contributed by atoms with van der Waals surface area (Å²) in [5.74, 6) is 2.43. The SMILES string of the molecule is COc1ccc(-c2noc(CCC(=O)N3CCC(C(C)N)CC3)n2)cc1. The molecule has 1 unspecified atom stereocenters. The third-order valence-corrected chi connectivity index (χ3v) is 5.00. The van der Waals surface area contributed by atoms with Crippen LogP contribution in [0.1, 0.15) is 32.1 Å². The number of likely N-dealkylation sites (tertiary alicyclic amines) is 1. The highest BCUT2D eigenvalue weighted by molar-refractivity contribution is 5.76. The van der Waals surface area contributed by atoms with Crippen LogP contribution in [0.4, 0.5) is 0 Å². The molecule has 1 aliphatic rings. The number of hydrogen-bond donors (Lipinski definition) is 1. The van der Waals surface area contributed by atoms with Crippen LogP contribution in [0.3, 0.4) is 0 Å². The molecule has 7 nitrogen and oxygen atoms in total. The third-order valence-electron chi connectivity index (χ3n) is 5.00. The summed E-state index contributed by atoms with van der Waals surface area (Å²) in [5.41, 5.74) is 6.80. The summed E-state index contributed by atoms with van der Waals surface area (Å²) in [6.45, 7) is 3.61. The lowest BCUT2D eigenvalue weighted by molar-refractivity contribution is -0.132. The fraction of sp³-hybridized carbons (Fsp3) is 0.526. The molecular weight excluding hydrogens is 332 g/mol. The number of carbonyl (C=O) groups excluding carboxylic acids is 1. The number of aromatic nitrogens is 2. The number of aryl methyl sites for hydroxylation is 1. The monoisotopic (exact) mass is 358 g/mol. The van der Waals surface area contributed by atoms with E-state index < -0.39 is 0 Å². The molecule has 0 aliphatic carbocycles. The lowest BCUT2D eigenvalue weighted by Crippen LogP contribution is -2.42. The second kappa shape index (κ2) is 8.31. The van der Waals surface area contributed by atoms with Gasteiger partial charge in [-0.15, -0.1) is 0 Å². The number of ether oxygens (including phenoxy) is 1. The average molecular weight is 358 g/mol. The maximum absolute atomic E-state index is 12.4. The number of nitrogens with two attached hydrogens (primary N) is 1. The lowest BCUT2D eigenvalue weighted by Gasteiger charge is -2.33. The normalized spacial score (nSPS) is 16.5. The Kier molecular flexibility index (Phi) is 5.88. The summed E-state index contributed by atoms with van der Waals surface area (Å²) in [7, 11) is 1.62. The van der Waals surface area contributed by atoms with Crippen molar-refractivity contribution < 1.29 is 14.1 Å². The summed E-state index contributed by atoms with van der Waals surface area (Å²) in [5, 5.41) is 4.00. The highest BCUT2D eigenvalue weighted by atomic mass is 16.5. The number of nitrogens with zero attached hydrogens (tertiary/aromatic N) is 3. The quantitative estimate of drug-likeness (QED) is 0.851. The molecule has 26 heavy (non-hydrogen) atoms. The molecule has 2 heterocycles. The second-order valence-corrected chi connectivity index (χ2v) is 6.82. The van der Waals surface area contributed by atoms with E-state index >= 15 is 0 Å². The van der Waals surface area contributed by atoms with Crippen LogP contribution in [0.25, 0.3) is 11.4 Å². The van der Waals surface area contributed by atoms with E-state index in [1.54, 1.807) is 7.11 Å². The highest BCUT2D eigenvalue weighted by Gasteiger charge is 2.24. The number of carbonyl (C=O) groups is 1. The van der Waals surface area contributed by atoms with Crippen molar-refractivity contribution in [1.29, 1.82) is 0 Å². The van der Waals surface area contributed by atoms with Gasteiger partial charge >= 0.3 is 0 Å². The topological polar surface area (TPSA) is 94.5 Å². The summed E-state index contributed by atoms with van der Waals surface area (Å²) in [6.07, 6.45) is 2.79. The molecule has 1 saturated heterocycles. The van der Waals surface area contributed by atoms with Gasteiger partial charge in [-0.1, -0.05) is 5.16 Å². The Labute approximate surface area is 153 Å². The van der Waals surface area contributed by atoms with Crippen molar-refractivity contribution >= 4 is 5.91 Å². The van der Waals surface area contributed by atoms with Gasteiger partial charge in [0, 0.05) is 37.5 Å². The first kappa shape index (κ1) is 18.4. The molecule has 0 radical (unpaired) electrons. The minimum Gasteiger partial charge on any atom is -0.497 e. The van der Waals surface area contributed by atoms with Crippen LogP contribution in [0.15, 0.2) is 28.8 Å². The van der Waals surface area contributed by atoms with E-state index in [4.69, 9.17) is 15.0 Å². The first-order chi connectivity index (χ1) is 12.6. The molecule has 1 atom stereocenters. The Balaban J connectivity index is 1.51. The standard InChI is InChI=1S/C19H26N4O3/c1-13(20)14-9-11-23(12-10-14)18(24)8-7-17-21-19(22-26-17)15-3-5-16(25-2)6-4-15/h3-6,13-14H,7-12,20H2,1-2H3. The molecule has 2 aromatic rings. The van der Waals surface area contributed by atoms with Gasteiger partial charge in [-0.2, -0.15) is 4.98 Å². The van der Waals surface area contributed by atoms with Crippen LogP contribution >= 0.6 is 0 Å². The molecule has 0 spiro atoms. The maximum Gasteiger partial charge on any atom is 0.227 e. The van der Waals surface area contributed by atoms with Gasteiger partial charge in [0.15, 0.2) is 0 Å². The molecule has 1 amide bonds. The average Bonchev–Trinajstić information content (AvgIpc) is 3.15. The maximum atomic E-state index is 12.4. The molecule has 3 rings (SSSR count). The molecule has 2 N–H and O–H groups in total. The molecule has 1 aliphatic heterocycles. The van der Waals surface area contributed by atoms with Crippen LogP contribution in [-0.2, 0) is 11.2 Å². The van der Waals surface area contributed by atoms with Crippen molar-refractivity contribution in [2.45, 2.75) is 38.6 Å². The first-order valence-corrected chi connectivity index (χ1v) is 9.07. The van der Waals surface area contributed by atoms with E-state index in [2.05, 4.69) is 10.1 Å². The predicted octanol–water partition coefficient (Wildman–Crippen LogP) is 2.26. The van der Waals surface area contributed by atoms with Gasteiger partial charge < -0.3 is 19.9 Å². The van der Waals surface area contributed by atoms with Gasteiger partial charge in [-0.05, 0) is 49.9 Å². The molecule has 7 heteroatoms. The molecule has 140 valence electrons. The van der Waals surface area contributed by atoms with E-state index in [0.29, 0.717) is 30.5 Å². The zero-order chi connectivity index (χ0) is 18.5. The Bertz CT molecular complexity index is 719. The largest absolute Gasteiger partial charge is 0.497 e. The van der Waals surface area contributed by atoms with Crippen LogP contribution in [0, 0.1) is 5.92 Å². The zero-order valence-corrected chi connectivity index (χ0v) is 15.4. The van der Waals surface area contributed by atoms with Crippen molar-refractivity contribution in [3.05, 3.63) is 30.2 Å². The van der Waals surface area contributed by atoms with Gasteiger partial charge in [0.2, 0.25) is 17.6 Å². The van der Waals surface area contributed by atoms with E-state index in [-0.39, 0.29) is 11.9 Å². The van der Waals surface area contributed by atoms with E-state index in [0.717, 1.165) is 37.2 Å². The molecule has 0 bridgehead atoms. The van der Waals surface area contributed by atoms with Crippen LogP contribution < -0.4 is 10.5 Å². The fourth-order valence-electron chi connectivity index (χ4n) is 3.26. The molecule has 1 aromatic heterocycles. The predicted molar refractivity (Wildman–Crippen MR) is 97.6 cm³/mol. The summed E-state index contributed by atoms with van der Waals surface area (Å²) >= 11 is 0. The number of amides is 1.